The van der Waals surface area contributed by atoms with E-state index in [4.69, 9.17) is 39.0 Å². The molecule has 0 aromatic carbocycles. The van der Waals surface area contributed by atoms with Gasteiger partial charge in [-0.1, -0.05) is 12.2 Å². The zero-order valence-corrected chi connectivity index (χ0v) is 25.2. The van der Waals surface area contributed by atoms with Crippen LogP contribution in [0.15, 0.2) is 29.7 Å². The molecule has 4 aromatic rings. The van der Waals surface area contributed by atoms with Gasteiger partial charge in [0.25, 0.3) is 5.56 Å². The number of anilines is 2. The Hall–Kier alpha value is -3.01. The van der Waals surface area contributed by atoms with Gasteiger partial charge in [0.15, 0.2) is 35.4 Å². The smallest absolute Gasteiger partial charge is 0.397 e. The van der Waals surface area contributed by atoms with Crippen LogP contribution in [0.2, 0.25) is 0 Å². The first-order valence-corrected chi connectivity index (χ1v) is 17.2. The third kappa shape index (κ3) is 5.44. The molecular formula is C21H24FN9O11P2S. The minimum atomic E-state index is -5.09. The molecule has 0 aliphatic carbocycles. The van der Waals surface area contributed by atoms with Gasteiger partial charge in [0.1, 0.15) is 36.0 Å². The van der Waals surface area contributed by atoms with Crippen molar-refractivity contribution in [2.45, 2.75) is 49.1 Å². The van der Waals surface area contributed by atoms with Crippen LogP contribution in [0.3, 0.4) is 0 Å². The zero-order valence-electron chi connectivity index (χ0n) is 22.5. The first-order valence-electron chi connectivity index (χ1n) is 13.1. The van der Waals surface area contributed by atoms with Crippen LogP contribution in [-0.4, -0.2) is 94.0 Å². The number of thiol groups is 1. The zero-order chi connectivity index (χ0) is 31.8. The molecule has 3 saturated heterocycles. The number of ether oxygens (including phenoxy) is 2. The van der Waals surface area contributed by atoms with Gasteiger partial charge in [-0.25, -0.2) is 28.5 Å². The summed E-state index contributed by atoms with van der Waals surface area (Å²) in [4.78, 5) is 41.5. The molecule has 0 spiro atoms. The van der Waals surface area contributed by atoms with E-state index in [0.717, 1.165) is 6.33 Å². The number of fused-ring (bicyclic) bond motifs is 5. The SMILES string of the molecule is Nc1nc2c(ncn2[C@@H]2O[C@@H]3COP(=O)(O)O[C@@H]4C(F)[C@H](n5cnc6c(N)ccnc65)O[C@@H]4CO[P@](=O)(S)O[C@H]2C3O)c(=O)[nH]1. The molecule has 7 heterocycles. The average molecular weight is 691 g/mol. The van der Waals surface area contributed by atoms with Crippen LogP contribution >= 0.6 is 26.9 Å². The summed E-state index contributed by atoms with van der Waals surface area (Å²) in [6.07, 6.45) is -9.23. The van der Waals surface area contributed by atoms with E-state index in [-0.39, 0.29) is 34.0 Å². The Balaban J connectivity index is 1.21. The number of H-pyrrole nitrogens is 1. The number of phosphoric acid groups is 1. The van der Waals surface area contributed by atoms with Crippen LogP contribution in [0.4, 0.5) is 16.0 Å². The summed E-state index contributed by atoms with van der Waals surface area (Å²) < 4.78 is 77.8. The van der Waals surface area contributed by atoms with E-state index >= 15 is 4.39 Å². The van der Waals surface area contributed by atoms with Crippen molar-refractivity contribution in [3.8, 4) is 0 Å². The quantitative estimate of drug-likeness (QED) is 0.121. The summed E-state index contributed by atoms with van der Waals surface area (Å²) in [5, 5.41) is 11.1. The number of aromatic nitrogens is 7. The van der Waals surface area contributed by atoms with Crippen LogP contribution < -0.4 is 17.0 Å². The lowest BCUT2D eigenvalue weighted by molar-refractivity contribution is -0.0619. The number of alkyl halides is 1. The molecule has 0 radical (unpaired) electrons. The Labute approximate surface area is 255 Å². The largest absolute Gasteiger partial charge is 0.472 e. The van der Waals surface area contributed by atoms with E-state index in [1.807, 2.05) is 0 Å². The summed E-state index contributed by atoms with van der Waals surface area (Å²) in [6, 6.07) is 1.50. The van der Waals surface area contributed by atoms with Crippen molar-refractivity contribution in [3.05, 3.63) is 35.3 Å². The van der Waals surface area contributed by atoms with Crippen molar-refractivity contribution >= 4 is 60.8 Å². The summed E-state index contributed by atoms with van der Waals surface area (Å²) in [6.45, 7) is -5.98. The number of imidazole rings is 2. The number of nitrogen functional groups attached to an aromatic ring is 2. The molecule has 3 fully saturated rings. The van der Waals surface area contributed by atoms with Crippen molar-refractivity contribution in [2.75, 3.05) is 24.7 Å². The van der Waals surface area contributed by atoms with Gasteiger partial charge < -0.3 is 30.9 Å². The highest BCUT2D eigenvalue weighted by Crippen LogP contribution is 2.58. The Morgan fingerprint density at radius 3 is 2.44 bits per heavy atom. The van der Waals surface area contributed by atoms with Gasteiger partial charge >= 0.3 is 14.6 Å². The second-order valence-electron chi connectivity index (χ2n) is 10.2. The number of halogens is 1. The van der Waals surface area contributed by atoms with Crippen molar-refractivity contribution in [1.29, 1.82) is 0 Å². The number of aromatic amines is 1. The van der Waals surface area contributed by atoms with Crippen molar-refractivity contribution in [3.63, 3.8) is 0 Å². The number of aliphatic hydroxyl groups excluding tert-OH is 1. The molecule has 0 amide bonds. The second kappa shape index (κ2) is 11.1. The number of nitrogens with one attached hydrogen (secondary N) is 1. The normalized spacial score (nSPS) is 37.7. The molecule has 3 unspecified atom stereocenters. The van der Waals surface area contributed by atoms with Crippen LogP contribution in [0.1, 0.15) is 12.5 Å². The molecular weight excluding hydrogens is 667 g/mol. The Kier molecular flexibility index (Phi) is 7.53. The van der Waals surface area contributed by atoms with Gasteiger partial charge in [0, 0.05) is 6.20 Å². The lowest BCUT2D eigenvalue weighted by Gasteiger charge is -2.26. The molecule has 10 atom stereocenters. The number of pyridine rings is 1. The summed E-state index contributed by atoms with van der Waals surface area (Å²) in [7, 11) is -5.09. The number of nitrogens with two attached hydrogens (primary N) is 2. The van der Waals surface area contributed by atoms with Gasteiger partial charge in [0.05, 0.1) is 31.6 Å². The number of hydrogen-bond donors (Lipinski definition) is 6. The van der Waals surface area contributed by atoms with E-state index in [1.165, 1.54) is 27.7 Å². The Morgan fingerprint density at radius 2 is 1.67 bits per heavy atom. The highest BCUT2D eigenvalue weighted by atomic mass is 32.7. The summed E-state index contributed by atoms with van der Waals surface area (Å²) in [5.74, 6) is -0.257. The predicted molar refractivity (Wildman–Crippen MR) is 151 cm³/mol. The molecule has 20 nitrogen and oxygen atoms in total. The molecule has 2 bridgehead atoms. The maximum atomic E-state index is 15.9. The third-order valence-electron chi connectivity index (χ3n) is 7.38. The van der Waals surface area contributed by atoms with E-state index in [0.29, 0.717) is 0 Å². The second-order valence-corrected chi connectivity index (χ2v) is 14.5. The molecule has 3 aliphatic heterocycles. The van der Waals surface area contributed by atoms with E-state index in [1.54, 1.807) is 0 Å². The van der Waals surface area contributed by atoms with E-state index < -0.39 is 82.5 Å². The van der Waals surface area contributed by atoms with Crippen molar-refractivity contribution < 1.29 is 51.1 Å². The first-order chi connectivity index (χ1) is 21.3. The maximum Gasteiger partial charge on any atom is 0.472 e. The van der Waals surface area contributed by atoms with Crippen molar-refractivity contribution in [2.24, 2.45) is 0 Å². The minimum absolute atomic E-state index is 0.0821. The van der Waals surface area contributed by atoms with Gasteiger partial charge in [-0.05, 0) is 6.07 Å². The third-order valence-corrected chi connectivity index (χ3v) is 9.98. The topological polar surface area (TPSA) is 276 Å². The lowest BCUT2D eigenvalue weighted by atomic mass is 10.1. The van der Waals surface area contributed by atoms with Crippen LogP contribution in [0, 0.1) is 0 Å². The lowest BCUT2D eigenvalue weighted by Crippen LogP contribution is -2.35. The van der Waals surface area contributed by atoms with Crippen molar-refractivity contribution in [1.82, 2.24) is 34.1 Å². The van der Waals surface area contributed by atoms with Gasteiger partial charge in [-0.2, -0.15) is 4.98 Å². The van der Waals surface area contributed by atoms with Crippen LogP contribution in [-0.2, 0) is 36.7 Å². The number of nitrogens with zero attached hydrogens (tertiary/aromatic N) is 6. The number of phosphoric ester groups is 1. The monoisotopic (exact) mass is 691 g/mol. The number of rotatable bonds is 2. The molecule has 24 heteroatoms. The van der Waals surface area contributed by atoms with Crippen LogP contribution in [0.25, 0.3) is 22.3 Å². The number of aliphatic hydroxyl groups is 1. The number of hydrogen-bond acceptors (Lipinski definition) is 16. The van der Waals surface area contributed by atoms with E-state index in [9.17, 15) is 23.9 Å². The maximum absolute atomic E-state index is 15.9. The van der Waals surface area contributed by atoms with Gasteiger partial charge in [-0.3, -0.25) is 37.0 Å². The predicted octanol–water partition coefficient (Wildman–Crippen LogP) is 0.178. The molecule has 3 aliphatic rings. The van der Waals surface area contributed by atoms with Crippen LogP contribution in [0.5, 0.6) is 0 Å². The average Bonchev–Trinajstić information content (AvgIpc) is 3.72. The van der Waals surface area contributed by atoms with Gasteiger partial charge in [0.2, 0.25) is 5.95 Å². The molecule has 7 rings (SSSR count). The fourth-order valence-corrected chi connectivity index (χ4v) is 7.76. The van der Waals surface area contributed by atoms with E-state index in [2.05, 4.69) is 37.2 Å². The summed E-state index contributed by atoms with van der Waals surface area (Å²) >= 11 is 4.02. The molecule has 7 N–H and O–H groups in total. The fourth-order valence-electron chi connectivity index (χ4n) is 5.34. The first kappa shape index (κ1) is 30.6. The van der Waals surface area contributed by atoms with Gasteiger partial charge in [-0.15, -0.1) is 0 Å². The molecule has 0 saturated carbocycles. The Bertz CT molecular complexity index is 1940. The highest BCUT2D eigenvalue weighted by molar-refractivity contribution is 8.44. The molecule has 242 valence electrons. The Morgan fingerprint density at radius 1 is 0.978 bits per heavy atom. The fraction of sp³-hybridized carbons (Fsp3) is 0.476. The summed E-state index contributed by atoms with van der Waals surface area (Å²) in [5.41, 5.74) is 11.4. The minimum Gasteiger partial charge on any atom is -0.397 e. The highest BCUT2D eigenvalue weighted by Gasteiger charge is 2.54. The molecule has 45 heavy (non-hydrogen) atoms. The molecule has 4 aromatic heterocycles. The standard InChI is InChI=1S/C21H24FN9O11P2S/c22-10-14-9(40-19(10)30-5-26-11-7(23)1-2-25-16(11)30)4-38-44(36,45)42-15-13(32)8(3-37-43(34,35)41-14)39-20(15)31-6-27-12-17(31)28-21(24)29-18(12)33/h1-2,5-6,8-10,13-15,19-20,32H,3-4H2,(H2,23,25)(H,34,35)(H,36,45)(H3,24,28,29,33)/t8-,9-,10?,13?,14+,15+,19-,20-,44+/m1/s1.